The van der Waals surface area contributed by atoms with Crippen molar-refractivity contribution in [3.8, 4) is 0 Å². The number of amidine groups is 1. The molecule has 4 unspecified atom stereocenters. The van der Waals surface area contributed by atoms with Crippen molar-refractivity contribution in [2.45, 2.75) is 51.2 Å². The minimum absolute atomic E-state index is 0.0379. The summed E-state index contributed by atoms with van der Waals surface area (Å²) in [4.78, 5) is 32.8. The van der Waals surface area contributed by atoms with Crippen molar-refractivity contribution < 1.29 is 9.59 Å². The summed E-state index contributed by atoms with van der Waals surface area (Å²) < 4.78 is 0. The Labute approximate surface area is 266 Å². The minimum Gasteiger partial charge on any atom is -0.397 e. The first-order valence-corrected chi connectivity index (χ1v) is 15.7. The van der Waals surface area contributed by atoms with Crippen molar-refractivity contribution >= 4 is 58.1 Å². The summed E-state index contributed by atoms with van der Waals surface area (Å²) in [5.41, 5.74) is 17.8. The fourth-order valence-corrected chi connectivity index (χ4v) is 6.92. The van der Waals surface area contributed by atoms with Crippen LogP contribution in [0.3, 0.4) is 0 Å². The number of halogens is 1. The molecule has 4 atom stereocenters. The quantitative estimate of drug-likeness (QED) is 0.130. The molecule has 228 valence electrons. The number of rotatable bonds is 7. The van der Waals surface area contributed by atoms with Gasteiger partial charge in [0.1, 0.15) is 6.17 Å². The van der Waals surface area contributed by atoms with Gasteiger partial charge in [0.25, 0.3) is 5.91 Å². The van der Waals surface area contributed by atoms with Crippen molar-refractivity contribution in [1.82, 2.24) is 10.2 Å². The molecule has 5 rings (SSSR count). The van der Waals surface area contributed by atoms with Gasteiger partial charge in [0.15, 0.2) is 0 Å². The van der Waals surface area contributed by atoms with Gasteiger partial charge in [0, 0.05) is 33.5 Å². The normalized spacial score (nSPS) is 21.3. The van der Waals surface area contributed by atoms with E-state index in [0.717, 1.165) is 27.4 Å². The smallest absolute Gasteiger partial charge is 0.255 e. The van der Waals surface area contributed by atoms with E-state index < -0.39 is 12.2 Å². The molecule has 2 aliphatic heterocycles. The number of benzene rings is 3. The van der Waals surface area contributed by atoms with Crippen LogP contribution >= 0.6 is 23.4 Å². The topological polar surface area (TPSA) is 150 Å². The summed E-state index contributed by atoms with van der Waals surface area (Å²) in [7, 11) is 0. The number of nitrogen functional groups attached to an aromatic ring is 1. The number of nitrogens with two attached hydrogens (primary N) is 2. The summed E-state index contributed by atoms with van der Waals surface area (Å²) in [6, 6.07) is 21.0. The van der Waals surface area contributed by atoms with Crippen molar-refractivity contribution in [1.29, 1.82) is 5.41 Å². The standard InChI is InChI=1S/C33H36ClN7O2S/c1-18-19(2)44-33-29(18)30(22-12-14-24(34)15-13-22)39-27(31(37)41(33)20(3)35)16-28(42)38-17-21-8-10-23(11-9-21)32(43)40-26-7-5-4-6-25(26)36/h4-15,18-19,27,31,35H,16-17,36-37H2,1-3H3,(H,38,42)(H,40,43). The molecule has 0 fully saturated rings. The van der Waals surface area contributed by atoms with Gasteiger partial charge < -0.3 is 27.0 Å². The largest absolute Gasteiger partial charge is 0.397 e. The Hall–Kier alpha value is -4.12. The van der Waals surface area contributed by atoms with Gasteiger partial charge in [-0.25, -0.2) is 0 Å². The van der Waals surface area contributed by atoms with Crippen LogP contribution in [0.2, 0.25) is 5.02 Å². The number of nitrogens with zero attached hydrogens (tertiary/aromatic N) is 2. The highest BCUT2D eigenvalue weighted by Crippen LogP contribution is 2.47. The van der Waals surface area contributed by atoms with Crippen LogP contribution in [-0.2, 0) is 11.3 Å². The van der Waals surface area contributed by atoms with Crippen LogP contribution in [0.4, 0.5) is 11.4 Å². The van der Waals surface area contributed by atoms with E-state index >= 15 is 0 Å². The van der Waals surface area contributed by atoms with E-state index in [4.69, 9.17) is 33.5 Å². The Morgan fingerprint density at radius 2 is 1.73 bits per heavy atom. The molecular formula is C33H36ClN7O2S. The highest BCUT2D eigenvalue weighted by atomic mass is 35.5. The molecule has 3 aromatic carbocycles. The SMILES string of the molecule is CC(=N)N1C2=C(C(c3ccc(Cl)cc3)=NC(CC(=O)NCc3ccc(C(=O)Nc4ccccc4N)cc3)C1N)C(C)C(C)S2. The van der Waals surface area contributed by atoms with E-state index in [0.29, 0.717) is 27.8 Å². The molecular weight excluding hydrogens is 594 g/mol. The van der Waals surface area contributed by atoms with Crippen LogP contribution in [0.5, 0.6) is 0 Å². The zero-order valence-electron chi connectivity index (χ0n) is 24.8. The lowest BCUT2D eigenvalue weighted by atomic mass is 9.91. The summed E-state index contributed by atoms with van der Waals surface area (Å²) in [6.07, 6.45) is -0.662. The number of hydrogen-bond acceptors (Lipinski definition) is 7. The number of nitrogens with one attached hydrogen (secondary N) is 3. The molecule has 7 N–H and O–H groups in total. The molecule has 0 saturated carbocycles. The van der Waals surface area contributed by atoms with Crippen LogP contribution in [-0.4, -0.2) is 45.7 Å². The zero-order chi connectivity index (χ0) is 31.5. The summed E-state index contributed by atoms with van der Waals surface area (Å²) in [5.74, 6) is -0.0228. The Balaban J connectivity index is 1.31. The van der Waals surface area contributed by atoms with Gasteiger partial charge >= 0.3 is 0 Å². The fourth-order valence-electron chi connectivity index (χ4n) is 5.32. The van der Waals surface area contributed by atoms with E-state index in [1.54, 1.807) is 67.2 Å². The number of thioether (sulfide) groups is 1. The van der Waals surface area contributed by atoms with Crippen LogP contribution in [0.1, 0.15) is 48.7 Å². The van der Waals surface area contributed by atoms with Crippen LogP contribution in [0.15, 0.2) is 88.4 Å². The number of para-hydroxylation sites is 2. The second-order valence-electron chi connectivity index (χ2n) is 11.0. The Morgan fingerprint density at radius 1 is 1.05 bits per heavy atom. The zero-order valence-corrected chi connectivity index (χ0v) is 26.4. The van der Waals surface area contributed by atoms with Gasteiger partial charge in [0.05, 0.1) is 40.4 Å². The number of amides is 2. The highest BCUT2D eigenvalue weighted by molar-refractivity contribution is 8.03. The second kappa shape index (κ2) is 13.3. The number of carbonyl (C=O) groups is 2. The average Bonchev–Trinajstić information content (AvgIpc) is 3.21. The lowest BCUT2D eigenvalue weighted by Gasteiger charge is -2.33. The minimum atomic E-state index is -0.700. The van der Waals surface area contributed by atoms with E-state index in [9.17, 15) is 9.59 Å². The first-order valence-electron chi connectivity index (χ1n) is 14.4. The first-order chi connectivity index (χ1) is 21.0. The number of hydrogen-bond donors (Lipinski definition) is 5. The third kappa shape index (κ3) is 6.67. The Kier molecular flexibility index (Phi) is 9.43. The maximum Gasteiger partial charge on any atom is 0.255 e. The Morgan fingerprint density at radius 3 is 2.39 bits per heavy atom. The molecule has 0 radical (unpaired) electrons. The van der Waals surface area contributed by atoms with Gasteiger partial charge in [-0.15, -0.1) is 11.8 Å². The van der Waals surface area contributed by atoms with Crippen molar-refractivity contribution in [3.05, 3.63) is 105 Å². The maximum atomic E-state index is 13.3. The van der Waals surface area contributed by atoms with Crippen LogP contribution < -0.4 is 22.1 Å². The monoisotopic (exact) mass is 629 g/mol. The van der Waals surface area contributed by atoms with Gasteiger partial charge in [-0.1, -0.05) is 61.8 Å². The Bertz CT molecular complexity index is 1640. The van der Waals surface area contributed by atoms with Crippen LogP contribution in [0.25, 0.3) is 0 Å². The predicted molar refractivity (Wildman–Crippen MR) is 180 cm³/mol. The fraction of sp³-hybridized carbons (Fsp3) is 0.273. The van der Waals surface area contributed by atoms with Crippen molar-refractivity contribution in [2.75, 3.05) is 11.1 Å². The molecule has 3 aromatic rings. The molecule has 2 amide bonds. The molecule has 0 bridgehead atoms. The summed E-state index contributed by atoms with van der Waals surface area (Å²) >= 11 is 7.88. The lowest BCUT2D eigenvalue weighted by Crippen LogP contribution is -2.51. The molecule has 0 spiro atoms. The van der Waals surface area contributed by atoms with Crippen molar-refractivity contribution in [3.63, 3.8) is 0 Å². The van der Waals surface area contributed by atoms with Gasteiger partial charge in [-0.05, 0) is 54.8 Å². The maximum absolute atomic E-state index is 13.3. The number of carbonyl (C=O) groups excluding carboxylic acids is 2. The van der Waals surface area contributed by atoms with Crippen molar-refractivity contribution in [2.24, 2.45) is 16.6 Å². The molecule has 0 aliphatic carbocycles. The van der Waals surface area contributed by atoms with E-state index in [1.807, 2.05) is 29.2 Å². The lowest BCUT2D eigenvalue weighted by molar-refractivity contribution is -0.121. The molecule has 2 aliphatic rings. The molecule has 11 heteroatoms. The van der Waals surface area contributed by atoms with Gasteiger partial charge in [0.2, 0.25) is 5.91 Å². The number of aliphatic imine (C=N–C) groups is 1. The van der Waals surface area contributed by atoms with E-state index in [2.05, 4.69) is 24.5 Å². The van der Waals surface area contributed by atoms with E-state index in [1.165, 1.54) is 0 Å². The van der Waals surface area contributed by atoms with Gasteiger partial charge in [-0.2, -0.15) is 0 Å². The highest BCUT2D eigenvalue weighted by Gasteiger charge is 2.42. The molecule has 2 heterocycles. The third-order valence-corrected chi connectivity index (χ3v) is 9.61. The van der Waals surface area contributed by atoms with Gasteiger partial charge in [-0.3, -0.25) is 20.0 Å². The summed E-state index contributed by atoms with van der Waals surface area (Å²) in [5, 5.41) is 16.2. The first kappa shape index (κ1) is 31.3. The average molecular weight is 630 g/mol. The summed E-state index contributed by atoms with van der Waals surface area (Å²) in [6.45, 7) is 6.30. The molecule has 9 nitrogen and oxygen atoms in total. The number of allylic oxidation sites excluding steroid dienone is 1. The molecule has 0 saturated heterocycles. The van der Waals surface area contributed by atoms with E-state index in [-0.39, 0.29) is 35.9 Å². The molecule has 44 heavy (non-hydrogen) atoms. The van der Waals surface area contributed by atoms with Crippen LogP contribution in [0, 0.1) is 11.3 Å². The number of anilines is 2. The third-order valence-electron chi connectivity index (χ3n) is 7.94. The second-order valence-corrected chi connectivity index (χ2v) is 12.8. The molecule has 0 aromatic heterocycles. The predicted octanol–water partition coefficient (Wildman–Crippen LogP) is 5.62.